The van der Waals surface area contributed by atoms with Crippen molar-refractivity contribution in [2.45, 2.75) is 6.92 Å². The third kappa shape index (κ3) is 4.97. The average molecular weight is 341 g/mol. The Hall–Kier alpha value is -3.02. The van der Waals surface area contributed by atoms with Gasteiger partial charge < -0.3 is 14.4 Å². The first-order valence-electron chi connectivity index (χ1n) is 7.96. The number of methoxy groups -OCH3 is 1. The molecule has 0 radical (unpaired) electrons. The Morgan fingerprint density at radius 1 is 1.16 bits per heavy atom. The molecule has 0 saturated carbocycles. The Labute approximate surface area is 148 Å². The zero-order valence-corrected chi connectivity index (χ0v) is 14.9. The van der Waals surface area contributed by atoms with Gasteiger partial charge in [0, 0.05) is 25.3 Å². The Bertz CT molecular complexity index is 740. The standard InChI is InChI=1S/C19H23N3O3/c1-5-25-17-11-6-14(12-18(17)24-4)13-20-21-19(23)15-7-9-16(10-8-15)22(2)3/h6-13H,5H2,1-4H3,(H,21,23)/b20-13+. The van der Waals surface area contributed by atoms with Crippen LogP contribution in [0.4, 0.5) is 5.69 Å². The SMILES string of the molecule is CCOc1ccc(/C=N/NC(=O)c2ccc(N(C)C)cc2)cc1OC. The summed E-state index contributed by atoms with van der Waals surface area (Å²) < 4.78 is 10.8. The Kier molecular flexibility index (Phi) is 6.39. The van der Waals surface area contributed by atoms with Gasteiger partial charge in [0.15, 0.2) is 11.5 Å². The lowest BCUT2D eigenvalue weighted by Gasteiger charge is -2.12. The van der Waals surface area contributed by atoms with Crippen LogP contribution < -0.4 is 19.8 Å². The Balaban J connectivity index is 2.01. The molecule has 2 rings (SSSR count). The lowest BCUT2D eigenvalue weighted by atomic mass is 10.2. The molecule has 1 N–H and O–H groups in total. The van der Waals surface area contributed by atoms with Crippen molar-refractivity contribution in [2.24, 2.45) is 5.10 Å². The van der Waals surface area contributed by atoms with Crippen LogP contribution in [0.5, 0.6) is 11.5 Å². The lowest BCUT2D eigenvalue weighted by Crippen LogP contribution is -2.18. The summed E-state index contributed by atoms with van der Waals surface area (Å²) in [5.74, 6) is 1.03. The van der Waals surface area contributed by atoms with Gasteiger partial charge in [0.05, 0.1) is 19.9 Å². The lowest BCUT2D eigenvalue weighted by molar-refractivity contribution is 0.0955. The summed E-state index contributed by atoms with van der Waals surface area (Å²) >= 11 is 0. The summed E-state index contributed by atoms with van der Waals surface area (Å²) in [6.45, 7) is 2.47. The molecule has 0 fully saturated rings. The molecule has 0 saturated heterocycles. The number of hydrogen-bond acceptors (Lipinski definition) is 5. The van der Waals surface area contributed by atoms with Crippen molar-refractivity contribution in [3.05, 3.63) is 53.6 Å². The van der Waals surface area contributed by atoms with E-state index in [1.165, 1.54) is 0 Å². The number of nitrogens with zero attached hydrogens (tertiary/aromatic N) is 2. The van der Waals surface area contributed by atoms with Crippen LogP contribution in [-0.2, 0) is 0 Å². The first kappa shape index (κ1) is 18.3. The average Bonchev–Trinajstić information content (AvgIpc) is 2.63. The quantitative estimate of drug-likeness (QED) is 0.621. The molecular formula is C19H23N3O3. The van der Waals surface area contributed by atoms with E-state index in [1.807, 2.05) is 50.2 Å². The minimum absolute atomic E-state index is 0.264. The van der Waals surface area contributed by atoms with E-state index in [-0.39, 0.29) is 5.91 Å². The van der Waals surface area contributed by atoms with Crippen LogP contribution in [0.2, 0.25) is 0 Å². The van der Waals surface area contributed by atoms with Gasteiger partial charge in [0.2, 0.25) is 0 Å². The Morgan fingerprint density at radius 3 is 2.48 bits per heavy atom. The van der Waals surface area contributed by atoms with Gasteiger partial charge in [-0.15, -0.1) is 0 Å². The van der Waals surface area contributed by atoms with Gasteiger partial charge in [-0.2, -0.15) is 5.10 Å². The number of amides is 1. The van der Waals surface area contributed by atoms with E-state index in [0.717, 1.165) is 11.3 Å². The van der Waals surface area contributed by atoms with Gasteiger partial charge >= 0.3 is 0 Å². The summed E-state index contributed by atoms with van der Waals surface area (Å²) in [6, 6.07) is 12.7. The largest absolute Gasteiger partial charge is 0.493 e. The molecular weight excluding hydrogens is 318 g/mol. The third-order valence-electron chi connectivity index (χ3n) is 3.51. The molecule has 1 amide bonds. The van der Waals surface area contributed by atoms with Gasteiger partial charge in [-0.05, 0) is 55.0 Å². The molecule has 0 unspecified atom stereocenters. The van der Waals surface area contributed by atoms with E-state index in [4.69, 9.17) is 9.47 Å². The van der Waals surface area contributed by atoms with Crippen LogP contribution in [0, 0.1) is 0 Å². The first-order chi connectivity index (χ1) is 12.0. The Morgan fingerprint density at radius 2 is 1.88 bits per heavy atom. The van der Waals surface area contributed by atoms with E-state index in [0.29, 0.717) is 23.7 Å². The van der Waals surface area contributed by atoms with Crippen LogP contribution in [0.25, 0.3) is 0 Å². The number of hydrazone groups is 1. The topological polar surface area (TPSA) is 63.2 Å². The van der Waals surface area contributed by atoms with Crippen LogP contribution in [0.1, 0.15) is 22.8 Å². The summed E-state index contributed by atoms with van der Waals surface area (Å²) in [6.07, 6.45) is 1.56. The number of nitrogens with one attached hydrogen (secondary N) is 1. The predicted octanol–water partition coefficient (Wildman–Crippen LogP) is 2.92. The molecule has 132 valence electrons. The molecule has 0 aromatic heterocycles. The smallest absolute Gasteiger partial charge is 0.271 e. The number of carbonyl (C=O) groups is 1. The molecule has 25 heavy (non-hydrogen) atoms. The molecule has 6 heteroatoms. The maximum absolute atomic E-state index is 12.1. The molecule has 0 heterocycles. The number of rotatable bonds is 7. The number of hydrogen-bond donors (Lipinski definition) is 1. The fraction of sp³-hybridized carbons (Fsp3) is 0.263. The van der Waals surface area contributed by atoms with Gasteiger partial charge in [-0.1, -0.05) is 0 Å². The highest BCUT2D eigenvalue weighted by atomic mass is 16.5. The van der Waals surface area contributed by atoms with E-state index >= 15 is 0 Å². The van der Waals surface area contributed by atoms with Gasteiger partial charge in [-0.3, -0.25) is 4.79 Å². The fourth-order valence-electron chi connectivity index (χ4n) is 2.18. The van der Waals surface area contributed by atoms with Crippen molar-refractivity contribution in [3.8, 4) is 11.5 Å². The fourth-order valence-corrected chi connectivity index (χ4v) is 2.18. The molecule has 2 aromatic carbocycles. The zero-order valence-electron chi connectivity index (χ0n) is 14.9. The van der Waals surface area contributed by atoms with Crippen molar-refractivity contribution in [1.29, 1.82) is 0 Å². The molecule has 2 aromatic rings. The summed E-state index contributed by atoms with van der Waals surface area (Å²) in [5.41, 5.74) is 4.89. The van der Waals surface area contributed by atoms with Crippen molar-refractivity contribution in [1.82, 2.24) is 5.43 Å². The highest BCUT2D eigenvalue weighted by Crippen LogP contribution is 2.27. The van der Waals surface area contributed by atoms with Crippen LogP contribution >= 0.6 is 0 Å². The van der Waals surface area contributed by atoms with Crippen molar-refractivity contribution in [2.75, 3.05) is 32.7 Å². The summed E-state index contributed by atoms with van der Waals surface area (Å²) in [7, 11) is 5.48. The molecule has 6 nitrogen and oxygen atoms in total. The van der Waals surface area contributed by atoms with Crippen molar-refractivity contribution in [3.63, 3.8) is 0 Å². The van der Waals surface area contributed by atoms with Crippen LogP contribution in [0.3, 0.4) is 0 Å². The molecule has 0 spiro atoms. The molecule has 0 bridgehead atoms. The normalized spacial score (nSPS) is 10.6. The molecule has 0 aliphatic carbocycles. The molecule has 0 atom stereocenters. The highest BCUT2D eigenvalue weighted by Gasteiger charge is 2.06. The van der Waals surface area contributed by atoms with E-state index in [9.17, 15) is 4.79 Å². The van der Waals surface area contributed by atoms with E-state index in [1.54, 1.807) is 31.5 Å². The number of benzene rings is 2. The highest BCUT2D eigenvalue weighted by molar-refractivity contribution is 5.95. The summed E-state index contributed by atoms with van der Waals surface area (Å²) in [4.78, 5) is 14.1. The van der Waals surface area contributed by atoms with Crippen molar-refractivity contribution < 1.29 is 14.3 Å². The minimum Gasteiger partial charge on any atom is -0.493 e. The van der Waals surface area contributed by atoms with Crippen LogP contribution in [0.15, 0.2) is 47.6 Å². The third-order valence-corrected chi connectivity index (χ3v) is 3.51. The first-order valence-corrected chi connectivity index (χ1v) is 7.96. The molecule has 0 aliphatic rings. The number of ether oxygens (including phenoxy) is 2. The second kappa shape index (κ2) is 8.73. The van der Waals surface area contributed by atoms with Gasteiger partial charge in [-0.25, -0.2) is 5.43 Å². The monoisotopic (exact) mass is 341 g/mol. The second-order valence-corrected chi connectivity index (χ2v) is 5.48. The zero-order chi connectivity index (χ0) is 18.2. The summed E-state index contributed by atoms with van der Waals surface area (Å²) in [5, 5.41) is 4.00. The predicted molar refractivity (Wildman–Crippen MR) is 100.0 cm³/mol. The second-order valence-electron chi connectivity index (χ2n) is 5.48. The van der Waals surface area contributed by atoms with Crippen LogP contribution in [-0.4, -0.2) is 39.9 Å². The molecule has 0 aliphatic heterocycles. The van der Waals surface area contributed by atoms with E-state index < -0.39 is 0 Å². The van der Waals surface area contributed by atoms with E-state index in [2.05, 4.69) is 10.5 Å². The number of anilines is 1. The van der Waals surface area contributed by atoms with Crippen molar-refractivity contribution >= 4 is 17.8 Å². The van der Waals surface area contributed by atoms with Gasteiger partial charge in [0.25, 0.3) is 5.91 Å². The van der Waals surface area contributed by atoms with Gasteiger partial charge in [0.1, 0.15) is 0 Å². The maximum atomic E-state index is 12.1. The maximum Gasteiger partial charge on any atom is 0.271 e. The number of carbonyl (C=O) groups excluding carboxylic acids is 1. The minimum atomic E-state index is -0.264.